The molecule has 0 unspecified atom stereocenters. The van der Waals surface area contributed by atoms with Crippen molar-refractivity contribution < 1.29 is 4.52 Å². The van der Waals surface area contributed by atoms with Gasteiger partial charge in [-0.2, -0.15) is 4.98 Å². The maximum Gasteiger partial charge on any atom is 0.232 e. The summed E-state index contributed by atoms with van der Waals surface area (Å²) in [6.07, 6.45) is 4.99. The summed E-state index contributed by atoms with van der Waals surface area (Å²) in [7, 11) is 1.79. The summed E-state index contributed by atoms with van der Waals surface area (Å²) in [5.74, 6) is 2.98. The van der Waals surface area contributed by atoms with Gasteiger partial charge >= 0.3 is 0 Å². The molecule has 0 bridgehead atoms. The molecule has 1 aromatic heterocycles. The van der Waals surface area contributed by atoms with Crippen LogP contribution in [0.25, 0.3) is 0 Å². The highest BCUT2D eigenvalue weighted by molar-refractivity contribution is 14.0. The highest BCUT2D eigenvalue weighted by Crippen LogP contribution is 2.23. The zero-order valence-corrected chi connectivity index (χ0v) is 17.2. The molecule has 0 aromatic carbocycles. The smallest absolute Gasteiger partial charge is 0.232 e. The Morgan fingerprint density at radius 2 is 1.91 bits per heavy atom. The maximum atomic E-state index is 5.30. The number of nitrogens with one attached hydrogen (secondary N) is 2. The first-order chi connectivity index (χ1) is 10.4. The van der Waals surface area contributed by atoms with Crippen molar-refractivity contribution in [1.29, 1.82) is 0 Å². The summed E-state index contributed by atoms with van der Waals surface area (Å²) in [6, 6.07) is 0.512. The fraction of sp³-hybridized carbons (Fsp3) is 0.812. The second-order valence-electron chi connectivity index (χ2n) is 7.29. The predicted octanol–water partition coefficient (Wildman–Crippen LogP) is 3.23. The topological polar surface area (TPSA) is 75.3 Å². The summed E-state index contributed by atoms with van der Waals surface area (Å²) < 4.78 is 5.30. The van der Waals surface area contributed by atoms with Crippen LogP contribution in [-0.2, 0) is 12.0 Å². The molecule has 2 rings (SSSR count). The molecule has 1 aliphatic rings. The fourth-order valence-electron chi connectivity index (χ4n) is 2.59. The van der Waals surface area contributed by atoms with Gasteiger partial charge < -0.3 is 15.2 Å². The Hall–Kier alpha value is -0.860. The van der Waals surface area contributed by atoms with Gasteiger partial charge in [-0.25, -0.2) is 0 Å². The van der Waals surface area contributed by atoms with Crippen molar-refractivity contribution in [2.24, 2.45) is 10.9 Å². The van der Waals surface area contributed by atoms with Crippen molar-refractivity contribution in [3.63, 3.8) is 0 Å². The van der Waals surface area contributed by atoms with Gasteiger partial charge in [0.15, 0.2) is 11.8 Å². The van der Waals surface area contributed by atoms with E-state index in [1.54, 1.807) is 7.05 Å². The van der Waals surface area contributed by atoms with Gasteiger partial charge in [0.2, 0.25) is 5.89 Å². The van der Waals surface area contributed by atoms with Gasteiger partial charge in [0.25, 0.3) is 0 Å². The molecule has 1 heterocycles. The van der Waals surface area contributed by atoms with Gasteiger partial charge in [-0.1, -0.05) is 32.9 Å². The summed E-state index contributed by atoms with van der Waals surface area (Å²) >= 11 is 0. The van der Waals surface area contributed by atoms with Crippen LogP contribution < -0.4 is 10.6 Å². The maximum absolute atomic E-state index is 5.30. The van der Waals surface area contributed by atoms with Gasteiger partial charge in [-0.3, -0.25) is 4.99 Å². The van der Waals surface area contributed by atoms with Gasteiger partial charge in [-0.05, 0) is 31.6 Å². The van der Waals surface area contributed by atoms with Crippen LogP contribution in [0.5, 0.6) is 0 Å². The summed E-state index contributed by atoms with van der Waals surface area (Å²) in [4.78, 5) is 8.70. The molecule has 1 saturated carbocycles. The fourth-order valence-corrected chi connectivity index (χ4v) is 2.59. The third-order valence-corrected chi connectivity index (χ3v) is 4.10. The average Bonchev–Trinajstić information content (AvgIpc) is 2.94. The van der Waals surface area contributed by atoms with E-state index in [9.17, 15) is 0 Å². The third kappa shape index (κ3) is 6.27. The van der Waals surface area contributed by atoms with E-state index in [0.29, 0.717) is 24.3 Å². The highest BCUT2D eigenvalue weighted by atomic mass is 127. The van der Waals surface area contributed by atoms with Crippen LogP contribution in [0.3, 0.4) is 0 Å². The summed E-state index contributed by atoms with van der Waals surface area (Å²) in [5.41, 5.74) is -0.121. The number of nitrogens with zero attached hydrogens (tertiary/aromatic N) is 3. The Labute approximate surface area is 156 Å². The minimum Gasteiger partial charge on any atom is -0.354 e. The Balaban J connectivity index is 0.00000264. The average molecular weight is 435 g/mol. The molecule has 0 saturated heterocycles. The molecule has 6 nitrogen and oxygen atoms in total. The van der Waals surface area contributed by atoms with Crippen LogP contribution >= 0.6 is 24.0 Å². The van der Waals surface area contributed by atoms with Gasteiger partial charge in [0.05, 0.1) is 6.54 Å². The Morgan fingerprint density at radius 3 is 2.43 bits per heavy atom. The molecule has 1 aromatic rings. The van der Waals surface area contributed by atoms with Crippen molar-refractivity contribution in [1.82, 2.24) is 20.8 Å². The van der Waals surface area contributed by atoms with E-state index < -0.39 is 0 Å². The zero-order chi connectivity index (χ0) is 16.2. The van der Waals surface area contributed by atoms with E-state index in [-0.39, 0.29) is 29.4 Å². The summed E-state index contributed by atoms with van der Waals surface area (Å²) in [5, 5.41) is 10.8. The van der Waals surface area contributed by atoms with Crippen molar-refractivity contribution >= 4 is 29.9 Å². The van der Waals surface area contributed by atoms with Gasteiger partial charge in [-0.15, -0.1) is 24.0 Å². The molecule has 0 amide bonds. The molecule has 23 heavy (non-hydrogen) atoms. The highest BCUT2D eigenvalue weighted by Gasteiger charge is 2.22. The molecule has 1 aliphatic carbocycles. The van der Waals surface area contributed by atoms with Crippen LogP contribution in [0.1, 0.15) is 65.1 Å². The standard InChI is InChI=1S/C16H29N5O.HI/c1-11-6-8-12(9-7-11)19-15(17-5)18-10-13-20-14(22-21-13)16(2,3)4;/h11-12H,6-10H2,1-5H3,(H2,17,18,19);1H. The van der Waals surface area contributed by atoms with Crippen LogP contribution in [0.4, 0.5) is 0 Å². The van der Waals surface area contributed by atoms with E-state index in [2.05, 4.69) is 53.5 Å². The molecule has 0 atom stereocenters. The number of aliphatic imine (C=N–C) groups is 1. The third-order valence-electron chi connectivity index (χ3n) is 4.10. The van der Waals surface area contributed by atoms with Gasteiger partial charge in [0.1, 0.15) is 0 Å². The number of hydrogen-bond acceptors (Lipinski definition) is 4. The van der Waals surface area contributed by atoms with Crippen molar-refractivity contribution in [3.8, 4) is 0 Å². The molecule has 7 heteroatoms. The first-order valence-corrected chi connectivity index (χ1v) is 8.18. The molecule has 1 fully saturated rings. The van der Waals surface area contributed by atoms with E-state index >= 15 is 0 Å². The van der Waals surface area contributed by atoms with Crippen LogP contribution in [0.2, 0.25) is 0 Å². The largest absolute Gasteiger partial charge is 0.354 e. The van der Waals surface area contributed by atoms with E-state index in [1.807, 2.05) is 0 Å². The monoisotopic (exact) mass is 435 g/mol. The SMILES string of the molecule is CN=C(NCc1noc(C(C)(C)C)n1)NC1CCC(C)CC1.I. The minimum atomic E-state index is -0.121. The second kappa shape index (κ2) is 8.84. The van der Waals surface area contributed by atoms with E-state index in [1.165, 1.54) is 25.7 Å². The van der Waals surface area contributed by atoms with E-state index in [4.69, 9.17) is 4.52 Å². The zero-order valence-electron chi connectivity index (χ0n) is 14.8. The first kappa shape index (κ1) is 20.2. The number of halogens is 1. The number of guanidine groups is 1. The quantitative estimate of drug-likeness (QED) is 0.433. The molecule has 0 spiro atoms. The molecule has 0 radical (unpaired) electrons. The lowest BCUT2D eigenvalue weighted by Crippen LogP contribution is -2.44. The molecular weight excluding hydrogens is 405 g/mol. The van der Waals surface area contributed by atoms with Crippen LogP contribution in [0.15, 0.2) is 9.52 Å². The van der Waals surface area contributed by atoms with Crippen molar-refractivity contribution in [2.45, 2.75) is 71.4 Å². The predicted molar refractivity (Wildman–Crippen MR) is 103 cm³/mol. The summed E-state index contributed by atoms with van der Waals surface area (Å²) in [6.45, 7) is 9.02. The molecule has 0 aliphatic heterocycles. The van der Waals surface area contributed by atoms with Crippen LogP contribution in [-0.4, -0.2) is 29.2 Å². The normalized spacial score (nSPS) is 22.4. The lowest BCUT2D eigenvalue weighted by Gasteiger charge is -2.28. The van der Waals surface area contributed by atoms with Gasteiger partial charge in [0, 0.05) is 18.5 Å². The molecule has 132 valence electrons. The number of hydrogen-bond donors (Lipinski definition) is 2. The lowest BCUT2D eigenvalue weighted by molar-refractivity contribution is 0.318. The second-order valence-corrected chi connectivity index (χ2v) is 7.29. The Morgan fingerprint density at radius 1 is 1.26 bits per heavy atom. The van der Waals surface area contributed by atoms with E-state index in [0.717, 1.165) is 11.9 Å². The minimum absolute atomic E-state index is 0. The molecule has 2 N–H and O–H groups in total. The number of rotatable bonds is 3. The number of aromatic nitrogens is 2. The Bertz CT molecular complexity index is 501. The Kier molecular flexibility index (Phi) is 7.76. The lowest BCUT2D eigenvalue weighted by atomic mass is 9.87. The van der Waals surface area contributed by atoms with Crippen molar-refractivity contribution in [3.05, 3.63) is 11.7 Å². The van der Waals surface area contributed by atoms with Crippen LogP contribution in [0, 0.1) is 5.92 Å². The first-order valence-electron chi connectivity index (χ1n) is 8.18. The van der Waals surface area contributed by atoms with Crippen molar-refractivity contribution in [2.75, 3.05) is 7.05 Å². The molecular formula is C16H30IN5O.